The molecule has 0 saturated heterocycles. The molecule has 134 valence electrons. The zero-order valence-corrected chi connectivity index (χ0v) is 14.4. The summed E-state index contributed by atoms with van der Waals surface area (Å²) in [5.41, 5.74) is 1.03. The molecule has 0 radical (unpaired) electrons. The first-order valence-electron chi connectivity index (χ1n) is 8.33. The van der Waals surface area contributed by atoms with Gasteiger partial charge in [0.25, 0.3) is 5.56 Å². The highest BCUT2D eigenvalue weighted by Gasteiger charge is 2.25. The first-order valence-corrected chi connectivity index (χ1v) is 8.33. The van der Waals surface area contributed by atoms with Crippen molar-refractivity contribution in [2.45, 2.75) is 6.92 Å². The SMILES string of the molecule is CCOC(=O)c1cn(-c2cnccn2)cc2c(=O)n(-c3ccccc3)nc1-2. The maximum Gasteiger partial charge on any atom is 0.341 e. The maximum atomic E-state index is 12.9. The third-order valence-electron chi connectivity index (χ3n) is 3.98. The summed E-state index contributed by atoms with van der Waals surface area (Å²) in [4.78, 5) is 33.7. The monoisotopic (exact) mass is 361 g/mol. The summed E-state index contributed by atoms with van der Waals surface area (Å²) in [6, 6.07) is 9.02. The minimum Gasteiger partial charge on any atom is -0.462 e. The second kappa shape index (κ2) is 6.83. The van der Waals surface area contributed by atoms with Gasteiger partial charge in [0, 0.05) is 24.8 Å². The summed E-state index contributed by atoms with van der Waals surface area (Å²) in [5, 5.41) is 4.37. The molecule has 27 heavy (non-hydrogen) atoms. The van der Waals surface area contributed by atoms with Crippen LogP contribution < -0.4 is 5.56 Å². The third kappa shape index (κ3) is 2.97. The lowest BCUT2D eigenvalue weighted by Gasteiger charge is -2.10. The molecule has 1 aromatic carbocycles. The highest BCUT2D eigenvalue weighted by atomic mass is 16.5. The highest BCUT2D eigenvalue weighted by Crippen LogP contribution is 2.24. The van der Waals surface area contributed by atoms with Crippen molar-refractivity contribution in [1.29, 1.82) is 0 Å². The van der Waals surface area contributed by atoms with E-state index < -0.39 is 5.97 Å². The van der Waals surface area contributed by atoms with Crippen molar-refractivity contribution in [3.8, 4) is 22.8 Å². The Morgan fingerprint density at radius 1 is 1.15 bits per heavy atom. The molecular formula is C19H15N5O3. The lowest BCUT2D eigenvalue weighted by molar-refractivity contribution is 0.0526. The zero-order chi connectivity index (χ0) is 18.8. The Labute approximate surface area is 154 Å². The van der Waals surface area contributed by atoms with Crippen LogP contribution in [0.5, 0.6) is 0 Å². The Hall–Kier alpha value is -3.81. The first kappa shape index (κ1) is 16.6. The van der Waals surface area contributed by atoms with Crippen molar-refractivity contribution in [1.82, 2.24) is 24.3 Å². The molecule has 0 aliphatic carbocycles. The van der Waals surface area contributed by atoms with Gasteiger partial charge in [-0.2, -0.15) is 9.78 Å². The topological polar surface area (TPSA) is 91.9 Å². The Kier molecular flexibility index (Phi) is 4.21. The third-order valence-corrected chi connectivity index (χ3v) is 3.98. The smallest absolute Gasteiger partial charge is 0.341 e. The van der Waals surface area contributed by atoms with Gasteiger partial charge in [-0.1, -0.05) is 18.2 Å². The number of fused-ring (bicyclic) bond motifs is 1. The van der Waals surface area contributed by atoms with Gasteiger partial charge < -0.3 is 9.30 Å². The Morgan fingerprint density at radius 2 is 1.96 bits per heavy atom. The molecule has 0 amide bonds. The molecule has 0 fully saturated rings. The van der Waals surface area contributed by atoms with Crippen LogP contribution in [0.4, 0.5) is 0 Å². The largest absolute Gasteiger partial charge is 0.462 e. The number of ether oxygens (including phenoxy) is 1. The predicted molar refractivity (Wildman–Crippen MR) is 97.3 cm³/mol. The van der Waals surface area contributed by atoms with Crippen molar-refractivity contribution < 1.29 is 9.53 Å². The summed E-state index contributed by atoms with van der Waals surface area (Å²) in [5.74, 6) is -0.0877. The van der Waals surface area contributed by atoms with Crippen molar-refractivity contribution in [2.75, 3.05) is 6.61 Å². The standard InChI is InChI=1S/C19H15N5O3/c1-2-27-19(26)15-12-23(16-10-20-8-9-21-16)11-14-17(15)22-24(18(14)25)13-6-4-3-5-7-13/h3-12H,2H2,1H3. The van der Waals surface area contributed by atoms with E-state index in [1.165, 1.54) is 17.1 Å². The van der Waals surface area contributed by atoms with E-state index in [9.17, 15) is 9.59 Å². The molecule has 2 aliphatic heterocycles. The molecule has 8 heteroatoms. The first-order chi connectivity index (χ1) is 13.2. The molecule has 0 N–H and O–H groups in total. The normalized spacial score (nSPS) is 10.9. The number of para-hydroxylation sites is 1. The number of carbonyl (C=O) groups excluding carboxylic acids is 1. The maximum absolute atomic E-state index is 12.9. The number of pyridine rings is 1. The second-order valence-corrected chi connectivity index (χ2v) is 5.68. The quantitative estimate of drug-likeness (QED) is 0.517. The number of hydrogen-bond donors (Lipinski definition) is 0. The molecule has 0 saturated carbocycles. The van der Waals surface area contributed by atoms with E-state index in [4.69, 9.17) is 4.74 Å². The summed E-state index contributed by atoms with van der Waals surface area (Å²) in [6.45, 7) is 1.93. The second-order valence-electron chi connectivity index (χ2n) is 5.68. The average molecular weight is 361 g/mol. The molecule has 0 spiro atoms. The van der Waals surface area contributed by atoms with E-state index in [-0.39, 0.29) is 29.0 Å². The van der Waals surface area contributed by atoms with E-state index in [0.717, 1.165) is 0 Å². The molecule has 8 nitrogen and oxygen atoms in total. The van der Waals surface area contributed by atoms with E-state index in [2.05, 4.69) is 15.1 Å². The summed E-state index contributed by atoms with van der Waals surface area (Å²) in [7, 11) is 0. The van der Waals surface area contributed by atoms with Crippen molar-refractivity contribution in [3.63, 3.8) is 0 Å². The lowest BCUT2D eigenvalue weighted by atomic mass is 10.1. The van der Waals surface area contributed by atoms with Crippen LogP contribution in [0.2, 0.25) is 0 Å². The van der Waals surface area contributed by atoms with Crippen LogP contribution in [0, 0.1) is 0 Å². The molecule has 2 aliphatic rings. The summed E-state index contributed by atoms with van der Waals surface area (Å²) >= 11 is 0. The Balaban J connectivity index is 1.98. The highest BCUT2D eigenvalue weighted by molar-refractivity contribution is 5.96. The molecule has 0 atom stereocenters. The fourth-order valence-corrected chi connectivity index (χ4v) is 2.77. The number of esters is 1. The number of benzene rings is 1. The van der Waals surface area contributed by atoms with Gasteiger partial charge in [0.2, 0.25) is 0 Å². The molecule has 4 rings (SSSR count). The van der Waals surface area contributed by atoms with Gasteiger partial charge in [-0.25, -0.2) is 9.78 Å². The van der Waals surface area contributed by atoms with Crippen LogP contribution >= 0.6 is 0 Å². The van der Waals surface area contributed by atoms with E-state index in [1.54, 1.807) is 42.2 Å². The van der Waals surface area contributed by atoms with E-state index in [1.807, 2.05) is 18.2 Å². The minimum atomic E-state index is -0.557. The summed E-state index contributed by atoms with van der Waals surface area (Å²) < 4.78 is 7.98. The van der Waals surface area contributed by atoms with E-state index in [0.29, 0.717) is 11.5 Å². The predicted octanol–water partition coefficient (Wildman–Crippen LogP) is 2.09. The van der Waals surface area contributed by atoms with Crippen molar-refractivity contribution in [3.05, 3.63) is 77.2 Å². The van der Waals surface area contributed by atoms with Crippen LogP contribution in [0.15, 0.2) is 66.1 Å². The number of nitrogens with zero attached hydrogens (tertiary/aromatic N) is 5. The fourth-order valence-electron chi connectivity index (χ4n) is 2.77. The van der Waals surface area contributed by atoms with Gasteiger partial charge >= 0.3 is 5.97 Å². The molecular weight excluding hydrogens is 346 g/mol. The number of rotatable bonds is 4. The molecule has 3 heterocycles. The minimum absolute atomic E-state index is 0.187. The van der Waals surface area contributed by atoms with Crippen LogP contribution in [-0.2, 0) is 4.74 Å². The number of carbonyl (C=O) groups is 1. The Morgan fingerprint density at radius 3 is 2.67 bits per heavy atom. The fraction of sp³-hybridized carbons (Fsp3) is 0.105. The van der Waals surface area contributed by atoms with Crippen molar-refractivity contribution in [2.24, 2.45) is 0 Å². The zero-order valence-electron chi connectivity index (χ0n) is 14.4. The molecule has 1 aromatic heterocycles. The van der Waals surface area contributed by atoms with E-state index >= 15 is 0 Å². The number of aromatic nitrogens is 5. The molecule has 0 unspecified atom stereocenters. The molecule has 0 bridgehead atoms. The van der Waals surface area contributed by atoms with Crippen molar-refractivity contribution >= 4 is 5.97 Å². The van der Waals surface area contributed by atoms with Gasteiger partial charge in [-0.05, 0) is 19.1 Å². The van der Waals surface area contributed by atoms with Crippen LogP contribution in [0.25, 0.3) is 22.8 Å². The van der Waals surface area contributed by atoms with Crippen LogP contribution in [0.3, 0.4) is 0 Å². The van der Waals surface area contributed by atoms with Gasteiger partial charge in [0.15, 0.2) is 5.82 Å². The van der Waals surface area contributed by atoms with Gasteiger partial charge in [0.05, 0.1) is 24.1 Å². The average Bonchev–Trinajstić information content (AvgIpc) is 3.05. The Bertz CT molecular complexity index is 1120. The van der Waals surface area contributed by atoms with Crippen LogP contribution in [-0.4, -0.2) is 36.9 Å². The van der Waals surface area contributed by atoms with Gasteiger partial charge in [0.1, 0.15) is 11.3 Å². The van der Waals surface area contributed by atoms with Crippen LogP contribution in [0.1, 0.15) is 17.3 Å². The van der Waals surface area contributed by atoms with Gasteiger partial charge in [-0.3, -0.25) is 9.78 Å². The molecule has 2 aromatic rings. The lowest BCUT2D eigenvalue weighted by Crippen LogP contribution is -2.15. The summed E-state index contributed by atoms with van der Waals surface area (Å²) in [6.07, 6.45) is 7.75. The van der Waals surface area contributed by atoms with Gasteiger partial charge in [-0.15, -0.1) is 0 Å². The number of hydrogen-bond acceptors (Lipinski definition) is 6.